The van der Waals surface area contributed by atoms with E-state index >= 15 is 0 Å². The zero-order valence-electron chi connectivity index (χ0n) is 11.7. The van der Waals surface area contributed by atoms with Crippen molar-refractivity contribution in [2.75, 3.05) is 4.72 Å². The number of aromatic nitrogens is 2. The van der Waals surface area contributed by atoms with Crippen LogP contribution < -0.4 is 4.72 Å². The van der Waals surface area contributed by atoms with Crippen molar-refractivity contribution >= 4 is 31.6 Å². The van der Waals surface area contributed by atoms with Gasteiger partial charge >= 0.3 is 0 Å². The fourth-order valence-electron chi connectivity index (χ4n) is 2.06. The fraction of sp³-hybridized carbons (Fsp3) is 0.308. The summed E-state index contributed by atoms with van der Waals surface area (Å²) in [5.74, 6) is 0. The summed E-state index contributed by atoms with van der Waals surface area (Å²) in [7, 11) is -1.90. The van der Waals surface area contributed by atoms with Crippen molar-refractivity contribution in [1.82, 2.24) is 9.78 Å². The van der Waals surface area contributed by atoms with Crippen LogP contribution in [0.4, 0.5) is 5.69 Å². The Morgan fingerprint density at radius 2 is 1.90 bits per heavy atom. The topological polar surface area (TPSA) is 64.0 Å². The highest BCUT2D eigenvalue weighted by molar-refractivity contribution is 9.10. The van der Waals surface area contributed by atoms with Crippen LogP contribution in [-0.2, 0) is 17.1 Å². The Hall–Kier alpha value is -1.34. The van der Waals surface area contributed by atoms with E-state index in [1.165, 1.54) is 0 Å². The van der Waals surface area contributed by atoms with Crippen LogP contribution in [0.25, 0.3) is 0 Å². The van der Waals surface area contributed by atoms with Crippen LogP contribution in [0.3, 0.4) is 0 Å². The van der Waals surface area contributed by atoms with Crippen molar-refractivity contribution in [1.29, 1.82) is 0 Å². The summed E-state index contributed by atoms with van der Waals surface area (Å²) >= 11 is 3.39. The summed E-state index contributed by atoms with van der Waals surface area (Å²) in [5, 5.41) is 4.14. The molecule has 0 fully saturated rings. The van der Waals surface area contributed by atoms with Crippen molar-refractivity contribution in [2.24, 2.45) is 7.05 Å². The molecule has 108 valence electrons. The molecule has 0 aliphatic heterocycles. The number of nitrogens with one attached hydrogen (secondary N) is 1. The van der Waals surface area contributed by atoms with Crippen LogP contribution >= 0.6 is 15.9 Å². The molecular weight excluding hydrogens is 342 g/mol. The molecule has 1 heterocycles. The molecular formula is C13H16BrN3O2S. The second-order valence-electron chi connectivity index (χ2n) is 4.69. The lowest BCUT2D eigenvalue weighted by atomic mass is 10.2. The molecule has 0 unspecified atom stereocenters. The molecule has 2 rings (SSSR count). The number of halogens is 1. The van der Waals surface area contributed by atoms with Gasteiger partial charge in [-0.1, -0.05) is 15.9 Å². The fourth-order valence-corrected chi connectivity index (χ4v) is 3.79. The summed E-state index contributed by atoms with van der Waals surface area (Å²) in [6.07, 6.45) is 0. The zero-order valence-corrected chi connectivity index (χ0v) is 14.1. The number of hydrogen-bond acceptors (Lipinski definition) is 3. The first-order valence-corrected chi connectivity index (χ1v) is 8.29. The normalized spacial score (nSPS) is 11.7. The van der Waals surface area contributed by atoms with Gasteiger partial charge in [-0.2, -0.15) is 5.10 Å². The molecule has 20 heavy (non-hydrogen) atoms. The summed E-state index contributed by atoms with van der Waals surface area (Å²) in [6.45, 7) is 5.33. The van der Waals surface area contributed by atoms with Gasteiger partial charge in [-0.05, 0) is 44.5 Å². The maximum Gasteiger partial charge on any atom is 0.265 e. The smallest absolute Gasteiger partial charge is 0.265 e. The van der Waals surface area contributed by atoms with E-state index in [9.17, 15) is 8.42 Å². The monoisotopic (exact) mass is 357 g/mol. The molecule has 0 saturated heterocycles. The van der Waals surface area contributed by atoms with Crippen LogP contribution in [-0.4, -0.2) is 18.2 Å². The van der Waals surface area contributed by atoms with Crippen molar-refractivity contribution in [3.05, 3.63) is 39.6 Å². The minimum Gasteiger partial charge on any atom is -0.280 e. The highest BCUT2D eigenvalue weighted by Gasteiger charge is 2.23. The van der Waals surface area contributed by atoms with Gasteiger partial charge in [-0.25, -0.2) is 8.42 Å². The third-order valence-corrected chi connectivity index (χ3v) is 5.64. The molecule has 0 aliphatic rings. The van der Waals surface area contributed by atoms with Crippen LogP contribution in [0, 0.1) is 20.8 Å². The molecule has 0 spiro atoms. The number of sulfonamides is 1. The first-order valence-electron chi connectivity index (χ1n) is 6.01. The number of aryl methyl sites for hydroxylation is 3. The molecule has 2 aromatic rings. The zero-order chi connectivity index (χ0) is 15.1. The molecule has 1 aromatic carbocycles. The first kappa shape index (κ1) is 15.1. The third-order valence-electron chi connectivity index (χ3n) is 3.12. The van der Waals surface area contributed by atoms with E-state index in [1.807, 2.05) is 13.0 Å². The molecule has 0 aliphatic carbocycles. The van der Waals surface area contributed by atoms with E-state index in [-0.39, 0.29) is 4.90 Å². The van der Waals surface area contributed by atoms with Gasteiger partial charge in [-0.15, -0.1) is 0 Å². The van der Waals surface area contributed by atoms with Crippen LogP contribution in [0.1, 0.15) is 17.0 Å². The van der Waals surface area contributed by atoms with Crippen LogP contribution in [0.15, 0.2) is 27.6 Å². The average Bonchev–Trinajstić information content (AvgIpc) is 2.58. The second kappa shape index (κ2) is 5.21. The molecule has 7 heteroatoms. The molecule has 0 radical (unpaired) electrons. The standard InChI is InChI=1S/C13H16BrN3O2S/c1-8-7-11(5-6-12(8)14)16-20(18,19)13-9(2)15-17(4)10(13)3/h5-7,16H,1-4H3. The Morgan fingerprint density at radius 3 is 2.40 bits per heavy atom. The molecule has 1 aromatic heterocycles. The highest BCUT2D eigenvalue weighted by atomic mass is 79.9. The third kappa shape index (κ3) is 2.73. The van der Waals surface area contributed by atoms with Crippen LogP contribution in [0.2, 0.25) is 0 Å². The molecule has 0 saturated carbocycles. The lowest BCUT2D eigenvalue weighted by Crippen LogP contribution is -2.15. The lowest BCUT2D eigenvalue weighted by molar-refractivity contribution is 0.599. The van der Waals surface area contributed by atoms with Crippen molar-refractivity contribution in [3.63, 3.8) is 0 Å². The van der Waals surface area contributed by atoms with E-state index in [0.717, 1.165) is 10.0 Å². The Kier molecular flexibility index (Phi) is 3.93. The number of hydrogen-bond donors (Lipinski definition) is 1. The Bertz CT molecular complexity index is 766. The summed E-state index contributed by atoms with van der Waals surface area (Å²) in [5.41, 5.74) is 2.60. The van der Waals surface area contributed by atoms with Gasteiger partial charge in [-0.3, -0.25) is 9.40 Å². The number of rotatable bonds is 3. The second-order valence-corrected chi connectivity index (χ2v) is 7.17. The van der Waals surface area contributed by atoms with Gasteiger partial charge in [0.15, 0.2) is 0 Å². The molecule has 0 bridgehead atoms. The van der Waals surface area contributed by atoms with E-state index in [2.05, 4.69) is 25.8 Å². The Morgan fingerprint density at radius 1 is 1.25 bits per heavy atom. The van der Waals surface area contributed by atoms with E-state index < -0.39 is 10.0 Å². The number of anilines is 1. The summed E-state index contributed by atoms with van der Waals surface area (Å²) in [4.78, 5) is 0.237. The maximum absolute atomic E-state index is 12.5. The highest BCUT2D eigenvalue weighted by Crippen LogP contribution is 2.25. The van der Waals surface area contributed by atoms with E-state index in [4.69, 9.17) is 0 Å². The average molecular weight is 358 g/mol. The largest absolute Gasteiger partial charge is 0.280 e. The van der Waals surface area contributed by atoms with E-state index in [1.54, 1.807) is 37.7 Å². The Balaban J connectivity index is 2.43. The van der Waals surface area contributed by atoms with E-state index in [0.29, 0.717) is 17.1 Å². The van der Waals surface area contributed by atoms with Gasteiger partial charge in [0.1, 0.15) is 4.90 Å². The van der Waals surface area contributed by atoms with Gasteiger partial charge in [0, 0.05) is 17.2 Å². The Labute approximate surface area is 127 Å². The van der Waals surface area contributed by atoms with Gasteiger partial charge in [0.05, 0.1) is 11.4 Å². The molecule has 0 amide bonds. The summed E-state index contributed by atoms with van der Waals surface area (Å²) in [6, 6.07) is 5.31. The van der Waals surface area contributed by atoms with Crippen LogP contribution in [0.5, 0.6) is 0 Å². The van der Waals surface area contributed by atoms with Crippen molar-refractivity contribution in [2.45, 2.75) is 25.7 Å². The van der Waals surface area contributed by atoms with Gasteiger partial charge in [0.25, 0.3) is 10.0 Å². The van der Waals surface area contributed by atoms with Gasteiger partial charge in [0.2, 0.25) is 0 Å². The predicted octanol–water partition coefficient (Wildman–Crippen LogP) is 2.91. The number of nitrogens with zero attached hydrogens (tertiary/aromatic N) is 2. The van der Waals surface area contributed by atoms with Gasteiger partial charge < -0.3 is 0 Å². The lowest BCUT2D eigenvalue weighted by Gasteiger charge is -2.09. The maximum atomic E-state index is 12.5. The molecule has 5 nitrogen and oxygen atoms in total. The van der Waals surface area contributed by atoms with Crippen molar-refractivity contribution < 1.29 is 8.42 Å². The minimum atomic E-state index is -3.63. The predicted molar refractivity (Wildman–Crippen MR) is 82.4 cm³/mol. The summed E-state index contributed by atoms with van der Waals surface area (Å²) < 4.78 is 30.1. The van der Waals surface area contributed by atoms with Crippen molar-refractivity contribution in [3.8, 4) is 0 Å². The number of benzene rings is 1. The minimum absolute atomic E-state index is 0.237. The molecule has 1 N–H and O–H groups in total. The SMILES string of the molecule is Cc1cc(NS(=O)(=O)c2c(C)nn(C)c2C)ccc1Br. The quantitative estimate of drug-likeness (QED) is 0.918. The first-order chi connectivity index (χ1) is 9.22. The molecule has 0 atom stereocenters.